The standard InChI is InChI=1S/C27H22Cl2N4O5/c1-31(22(34)13-33-25(35)15-7-4-5-8-16(15)26(33)36)19-12-11-18(28)17(23(19)29)14-38-21-10-6-9-20-24(21)30-27(37-3)32(20)2/h4-12H,13-14H2,1-3H3. The maximum atomic E-state index is 13.1. The maximum Gasteiger partial charge on any atom is 0.296 e. The van der Waals surface area contributed by atoms with E-state index in [9.17, 15) is 14.4 Å². The monoisotopic (exact) mass is 552 g/mol. The molecule has 0 bridgehead atoms. The molecule has 0 radical (unpaired) electrons. The number of hydrogen-bond donors (Lipinski definition) is 0. The molecule has 4 aromatic rings. The Morgan fingerprint density at radius 2 is 1.68 bits per heavy atom. The Morgan fingerprint density at radius 3 is 2.34 bits per heavy atom. The van der Waals surface area contributed by atoms with Crippen LogP contribution in [-0.4, -0.2) is 52.9 Å². The van der Waals surface area contributed by atoms with Crippen molar-refractivity contribution in [2.75, 3.05) is 25.6 Å². The van der Waals surface area contributed by atoms with Crippen LogP contribution in [0.4, 0.5) is 5.69 Å². The highest BCUT2D eigenvalue weighted by Gasteiger charge is 2.37. The van der Waals surface area contributed by atoms with E-state index >= 15 is 0 Å². The highest BCUT2D eigenvalue weighted by Crippen LogP contribution is 2.36. The lowest BCUT2D eigenvalue weighted by Gasteiger charge is -2.23. The number of imide groups is 1. The molecular formula is C27H22Cl2N4O5. The van der Waals surface area contributed by atoms with Crippen LogP contribution in [0.3, 0.4) is 0 Å². The number of likely N-dealkylation sites (N-methyl/N-ethyl adjacent to an activating group) is 1. The summed E-state index contributed by atoms with van der Waals surface area (Å²) in [6.45, 7) is -0.429. The molecule has 5 rings (SSSR count). The second-order valence-electron chi connectivity index (χ2n) is 8.62. The highest BCUT2D eigenvalue weighted by atomic mass is 35.5. The molecule has 0 saturated carbocycles. The van der Waals surface area contributed by atoms with E-state index in [1.54, 1.807) is 54.1 Å². The fourth-order valence-corrected chi connectivity index (χ4v) is 4.96. The number of rotatable bonds is 7. The van der Waals surface area contributed by atoms with Crippen molar-refractivity contribution < 1.29 is 23.9 Å². The van der Waals surface area contributed by atoms with E-state index in [1.807, 2.05) is 19.2 Å². The first-order chi connectivity index (χ1) is 18.2. The number of fused-ring (bicyclic) bond motifs is 2. The van der Waals surface area contributed by atoms with Gasteiger partial charge in [0.15, 0.2) is 0 Å². The number of halogens is 2. The fourth-order valence-electron chi connectivity index (χ4n) is 4.35. The lowest BCUT2D eigenvalue weighted by molar-refractivity contribution is -0.118. The smallest absolute Gasteiger partial charge is 0.296 e. The summed E-state index contributed by atoms with van der Waals surface area (Å²) in [6.07, 6.45) is 0. The number of ether oxygens (including phenoxy) is 2. The van der Waals surface area contributed by atoms with Gasteiger partial charge in [-0.3, -0.25) is 23.9 Å². The van der Waals surface area contributed by atoms with Crippen LogP contribution in [0, 0.1) is 0 Å². The lowest BCUT2D eigenvalue weighted by Crippen LogP contribution is -2.41. The first-order valence-electron chi connectivity index (χ1n) is 11.5. The SMILES string of the molecule is COc1nc2c(OCc3c(Cl)ccc(N(C)C(=O)CN4C(=O)c5ccccc5C4=O)c3Cl)cccc2n1C. The number of para-hydroxylation sites is 1. The van der Waals surface area contributed by atoms with Crippen LogP contribution < -0.4 is 14.4 Å². The van der Waals surface area contributed by atoms with Crippen molar-refractivity contribution in [3.8, 4) is 11.8 Å². The number of carbonyl (C=O) groups is 3. The highest BCUT2D eigenvalue weighted by molar-refractivity contribution is 6.38. The van der Waals surface area contributed by atoms with Crippen LogP contribution in [0.15, 0.2) is 54.6 Å². The number of aromatic nitrogens is 2. The first-order valence-corrected chi connectivity index (χ1v) is 12.3. The molecule has 1 aliphatic heterocycles. The van der Waals surface area contributed by atoms with E-state index in [1.165, 1.54) is 11.9 Å². The summed E-state index contributed by atoms with van der Waals surface area (Å²) in [7, 11) is 4.89. The Labute approximate surface area is 228 Å². The van der Waals surface area contributed by atoms with Gasteiger partial charge in [-0.25, -0.2) is 0 Å². The summed E-state index contributed by atoms with van der Waals surface area (Å²) in [6, 6.07) is 15.6. The minimum atomic E-state index is -0.510. The predicted molar refractivity (Wildman–Crippen MR) is 143 cm³/mol. The van der Waals surface area contributed by atoms with E-state index in [-0.39, 0.29) is 22.8 Å². The third-order valence-electron chi connectivity index (χ3n) is 6.46. The number of amides is 3. The average Bonchev–Trinajstić information content (AvgIpc) is 3.37. The molecule has 3 amide bonds. The molecule has 38 heavy (non-hydrogen) atoms. The Morgan fingerprint density at radius 1 is 1.00 bits per heavy atom. The van der Waals surface area contributed by atoms with Crippen LogP contribution in [0.25, 0.3) is 11.0 Å². The molecule has 0 fully saturated rings. The number of nitrogens with zero attached hydrogens (tertiary/aromatic N) is 4. The van der Waals surface area contributed by atoms with Crippen LogP contribution in [0.5, 0.6) is 11.8 Å². The van der Waals surface area contributed by atoms with Crippen molar-refractivity contribution >= 4 is 57.6 Å². The van der Waals surface area contributed by atoms with Gasteiger partial charge >= 0.3 is 0 Å². The molecule has 3 aromatic carbocycles. The molecule has 0 spiro atoms. The molecule has 1 aliphatic rings. The second kappa shape index (κ2) is 10.00. The Bertz CT molecular complexity index is 1580. The Balaban J connectivity index is 1.36. The second-order valence-corrected chi connectivity index (χ2v) is 9.41. The summed E-state index contributed by atoms with van der Waals surface area (Å²) < 4.78 is 13.1. The van der Waals surface area contributed by atoms with Gasteiger partial charge in [-0.15, -0.1) is 0 Å². The first kappa shape index (κ1) is 25.6. The Hall–Kier alpha value is -4.08. The van der Waals surface area contributed by atoms with Gasteiger partial charge in [0, 0.05) is 24.7 Å². The minimum Gasteiger partial charge on any atom is -0.486 e. The molecule has 11 heteroatoms. The largest absolute Gasteiger partial charge is 0.486 e. The van der Waals surface area contributed by atoms with Gasteiger partial charge in [0.25, 0.3) is 17.8 Å². The van der Waals surface area contributed by atoms with Crippen molar-refractivity contribution in [2.45, 2.75) is 6.61 Å². The molecule has 1 aromatic heterocycles. The van der Waals surface area contributed by atoms with Crippen molar-refractivity contribution in [2.24, 2.45) is 7.05 Å². The van der Waals surface area contributed by atoms with E-state index in [4.69, 9.17) is 32.7 Å². The fraction of sp³-hybridized carbons (Fsp3) is 0.185. The zero-order valence-corrected chi connectivity index (χ0v) is 22.2. The van der Waals surface area contributed by atoms with E-state index < -0.39 is 24.3 Å². The van der Waals surface area contributed by atoms with Gasteiger partial charge in [0.1, 0.15) is 24.4 Å². The molecule has 2 heterocycles. The lowest BCUT2D eigenvalue weighted by atomic mass is 10.1. The summed E-state index contributed by atoms with van der Waals surface area (Å²) >= 11 is 13.1. The van der Waals surface area contributed by atoms with Crippen molar-refractivity contribution in [3.05, 3.63) is 81.3 Å². The number of benzene rings is 3. The van der Waals surface area contributed by atoms with Crippen LogP contribution in [0.1, 0.15) is 26.3 Å². The van der Waals surface area contributed by atoms with Crippen LogP contribution in [0.2, 0.25) is 10.0 Å². The maximum absolute atomic E-state index is 13.1. The minimum absolute atomic E-state index is 0.00392. The number of aryl methyl sites for hydroxylation is 1. The zero-order chi connectivity index (χ0) is 27.1. The van der Waals surface area contributed by atoms with Crippen LogP contribution >= 0.6 is 23.2 Å². The number of hydrogen-bond acceptors (Lipinski definition) is 6. The molecule has 9 nitrogen and oxygen atoms in total. The van der Waals surface area contributed by atoms with Gasteiger partial charge in [0.2, 0.25) is 5.91 Å². The number of methoxy groups -OCH3 is 1. The van der Waals surface area contributed by atoms with Crippen molar-refractivity contribution in [1.82, 2.24) is 14.5 Å². The molecule has 0 N–H and O–H groups in total. The quantitative estimate of drug-likeness (QED) is 0.308. The van der Waals surface area contributed by atoms with Crippen molar-refractivity contribution in [3.63, 3.8) is 0 Å². The van der Waals surface area contributed by atoms with E-state index in [2.05, 4.69) is 4.98 Å². The summed E-state index contributed by atoms with van der Waals surface area (Å²) in [5.41, 5.74) is 2.81. The van der Waals surface area contributed by atoms with Gasteiger partial charge in [-0.1, -0.05) is 41.4 Å². The van der Waals surface area contributed by atoms with Gasteiger partial charge < -0.3 is 14.4 Å². The predicted octanol–water partition coefficient (Wildman–Crippen LogP) is 4.73. The van der Waals surface area contributed by atoms with Gasteiger partial charge in [-0.2, -0.15) is 4.98 Å². The topological polar surface area (TPSA) is 94.0 Å². The normalized spacial score (nSPS) is 12.7. The average molecular weight is 553 g/mol. The molecular weight excluding hydrogens is 531 g/mol. The number of imidazole rings is 1. The number of carbonyl (C=O) groups excluding carboxylic acids is 3. The van der Waals surface area contributed by atoms with Gasteiger partial charge in [0.05, 0.1) is 34.5 Å². The van der Waals surface area contributed by atoms with Crippen LogP contribution in [-0.2, 0) is 18.4 Å². The zero-order valence-electron chi connectivity index (χ0n) is 20.7. The summed E-state index contributed by atoms with van der Waals surface area (Å²) in [5, 5.41) is 0.562. The Kier molecular flexibility index (Phi) is 6.73. The third kappa shape index (κ3) is 4.23. The van der Waals surface area contributed by atoms with E-state index in [0.29, 0.717) is 33.6 Å². The molecule has 0 unspecified atom stereocenters. The third-order valence-corrected chi connectivity index (χ3v) is 7.24. The molecule has 194 valence electrons. The summed E-state index contributed by atoms with van der Waals surface area (Å²) in [5.74, 6) is -1.01. The van der Waals surface area contributed by atoms with Crippen molar-refractivity contribution in [1.29, 1.82) is 0 Å². The van der Waals surface area contributed by atoms with Gasteiger partial charge in [-0.05, 0) is 36.4 Å². The number of anilines is 1. The molecule has 0 atom stereocenters. The summed E-state index contributed by atoms with van der Waals surface area (Å²) in [4.78, 5) is 45.2. The van der Waals surface area contributed by atoms with E-state index in [0.717, 1.165) is 10.4 Å². The molecule has 0 aliphatic carbocycles. The molecule has 0 saturated heterocycles.